The Bertz CT molecular complexity index is 769. The van der Waals surface area contributed by atoms with E-state index in [0.717, 1.165) is 0 Å². The summed E-state index contributed by atoms with van der Waals surface area (Å²) >= 11 is 0. The molecule has 0 fully saturated rings. The van der Waals surface area contributed by atoms with Crippen molar-refractivity contribution in [2.45, 2.75) is 6.11 Å². The van der Waals surface area contributed by atoms with Gasteiger partial charge in [-0.05, 0) is 12.1 Å². The average molecular weight is 354 g/mol. The van der Waals surface area contributed by atoms with E-state index in [1.807, 2.05) is 0 Å². The molecule has 0 aliphatic rings. The van der Waals surface area contributed by atoms with Gasteiger partial charge in [0.2, 0.25) is 5.82 Å². The molecule has 3 nitrogen and oxygen atoms in total. The van der Waals surface area contributed by atoms with E-state index in [1.165, 1.54) is 0 Å². The fourth-order valence-electron chi connectivity index (χ4n) is 1.69. The quantitative estimate of drug-likeness (QED) is 0.462. The van der Waals surface area contributed by atoms with Crippen LogP contribution in [0.5, 0.6) is 11.5 Å². The van der Waals surface area contributed by atoms with E-state index in [0.29, 0.717) is 12.1 Å². The van der Waals surface area contributed by atoms with Gasteiger partial charge in [0.1, 0.15) is 11.3 Å². The highest BCUT2D eigenvalue weighted by Gasteiger charge is 2.40. The molecule has 0 aromatic heterocycles. The zero-order chi connectivity index (χ0) is 18.1. The largest absolute Gasteiger partial charge is 0.429 e. The minimum Gasteiger partial charge on any atom is -0.429 e. The Hall–Kier alpha value is -2.78. The normalized spacial score (nSPS) is 11.3. The first-order chi connectivity index (χ1) is 11.2. The first-order valence-corrected chi connectivity index (χ1v) is 5.97. The Balaban J connectivity index is 2.40. The Morgan fingerprint density at radius 3 is 2.00 bits per heavy atom. The Morgan fingerprint density at radius 1 is 0.875 bits per heavy atom. The van der Waals surface area contributed by atoms with E-state index in [9.17, 15) is 35.5 Å². The molecular weight excluding hydrogens is 349 g/mol. The van der Waals surface area contributed by atoms with Gasteiger partial charge in [-0.2, -0.15) is 13.2 Å². The Labute approximate surface area is 129 Å². The molecule has 0 aliphatic carbocycles. The van der Waals surface area contributed by atoms with Crippen LogP contribution < -0.4 is 9.47 Å². The van der Waals surface area contributed by atoms with Crippen LogP contribution in [0.2, 0.25) is 0 Å². The van der Waals surface area contributed by atoms with Gasteiger partial charge in [0.15, 0.2) is 29.0 Å². The maximum absolute atomic E-state index is 13.9. The van der Waals surface area contributed by atoms with E-state index in [1.54, 1.807) is 0 Å². The first kappa shape index (κ1) is 17.6. The van der Waals surface area contributed by atoms with Crippen molar-refractivity contribution in [3.8, 4) is 11.5 Å². The van der Waals surface area contributed by atoms with Crippen LogP contribution >= 0.6 is 0 Å². The number of benzene rings is 2. The summed E-state index contributed by atoms with van der Waals surface area (Å²) in [6.45, 7) is -0.254. The van der Waals surface area contributed by atoms with E-state index >= 15 is 0 Å². The van der Waals surface area contributed by atoms with Gasteiger partial charge in [-0.15, -0.1) is 0 Å². The second kappa shape index (κ2) is 6.38. The molecule has 2 aromatic rings. The van der Waals surface area contributed by atoms with Crippen molar-refractivity contribution in [1.82, 2.24) is 0 Å². The summed E-state index contributed by atoms with van der Waals surface area (Å²) < 4.78 is 102. The molecule has 0 spiro atoms. The zero-order valence-electron chi connectivity index (χ0n) is 11.3. The standard InChI is InChI=1S/C14H5F7O3/c15-8-3-6(4-9(16)12(8)18)24-14(20,21)7-1-2-10(23-5-22)13(19)11(7)17/h1-5H. The summed E-state index contributed by atoms with van der Waals surface area (Å²) in [4.78, 5) is 10.1. The Kier molecular flexibility index (Phi) is 4.67. The van der Waals surface area contributed by atoms with Crippen molar-refractivity contribution < 1.29 is 45.0 Å². The third-order valence-electron chi connectivity index (χ3n) is 2.74. The van der Waals surface area contributed by atoms with Crippen molar-refractivity contribution in [2.24, 2.45) is 0 Å². The van der Waals surface area contributed by atoms with Crippen LogP contribution in [0.1, 0.15) is 5.56 Å². The van der Waals surface area contributed by atoms with Crippen LogP contribution in [0.15, 0.2) is 24.3 Å². The number of ether oxygens (including phenoxy) is 2. The predicted molar refractivity (Wildman–Crippen MR) is 63.9 cm³/mol. The molecule has 0 unspecified atom stereocenters. The van der Waals surface area contributed by atoms with Crippen molar-refractivity contribution in [3.63, 3.8) is 0 Å². The van der Waals surface area contributed by atoms with E-state index in [4.69, 9.17) is 0 Å². The predicted octanol–water partition coefficient (Wildman–Crippen LogP) is 4.05. The number of hydrogen-bond donors (Lipinski definition) is 0. The number of halogens is 7. The topological polar surface area (TPSA) is 35.5 Å². The maximum atomic E-state index is 13.9. The lowest BCUT2D eigenvalue weighted by Gasteiger charge is -2.19. The van der Waals surface area contributed by atoms with Gasteiger partial charge >= 0.3 is 6.11 Å². The monoisotopic (exact) mass is 354 g/mol. The number of hydrogen-bond acceptors (Lipinski definition) is 3. The molecule has 0 aliphatic heterocycles. The third-order valence-corrected chi connectivity index (χ3v) is 2.74. The summed E-state index contributed by atoms with van der Waals surface area (Å²) in [5, 5.41) is 0. The SMILES string of the molecule is O=COc1ccc(C(F)(F)Oc2cc(F)c(F)c(F)c2)c(F)c1F. The molecule has 0 atom stereocenters. The van der Waals surface area contributed by atoms with Gasteiger partial charge in [-0.1, -0.05) is 0 Å². The molecular formula is C14H5F7O3. The minimum absolute atomic E-state index is 0.102. The molecule has 2 rings (SSSR count). The molecule has 2 aromatic carbocycles. The molecule has 0 heterocycles. The molecule has 128 valence electrons. The van der Waals surface area contributed by atoms with Crippen molar-refractivity contribution >= 4 is 6.47 Å². The van der Waals surface area contributed by atoms with Crippen LogP contribution in [0, 0.1) is 29.1 Å². The lowest BCUT2D eigenvalue weighted by molar-refractivity contribution is -0.188. The number of carbonyl (C=O) groups is 1. The highest BCUT2D eigenvalue weighted by molar-refractivity contribution is 5.46. The van der Waals surface area contributed by atoms with Crippen molar-refractivity contribution in [3.05, 3.63) is 58.9 Å². The van der Waals surface area contributed by atoms with Crippen LogP contribution in [0.25, 0.3) is 0 Å². The number of alkyl halides is 2. The highest BCUT2D eigenvalue weighted by atomic mass is 19.3. The number of carbonyl (C=O) groups excluding carboxylic acids is 1. The van der Waals surface area contributed by atoms with Gasteiger partial charge in [-0.25, -0.2) is 17.6 Å². The van der Waals surface area contributed by atoms with Crippen LogP contribution in [0.3, 0.4) is 0 Å². The molecule has 10 heteroatoms. The fraction of sp³-hybridized carbons (Fsp3) is 0.0714. The molecule has 0 radical (unpaired) electrons. The molecule has 24 heavy (non-hydrogen) atoms. The summed E-state index contributed by atoms with van der Waals surface area (Å²) in [5.41, 5.74) is -1.64. The first-order valence-electron chi connectivity index (χ1n) is 5.97. The van der Waals surface area contributed by atoms with Crippen LogP contribution in [-0.4, -0.2) is 6.47 Å². The van der Waals surface area contributed by atoms with Crippen LogP contribution in [-0.2, 0) is 10.9 Å². The second-order valence-corrected chi connectivity index (χ2v) is 4.27. The molecule has 0 amide bonds. The summed E-state index contributed by atoms with van der Waals surface area (Å²) in [7, 11) is 0. The Morgan fingerprint density at radius 2 is 1.46 bits per heavy atom. The van der Waals surface area contributed by atoms with Crippen molar-refractivity contribution in [2.75, 3.05) is 0 Å². The van der Waals surface area contributed by atoms with Gasteiger partial charge < -0.3 is 9.47 Å². The van der Waals surface area contributed by atoms with E-state index < -0.39 is 52.3 Å². The maximum Gasteiger partial charge on any atom is 0.429 e. The third kappa shape index (κ3) is 3.26. The summed E-state index contributed by atoms with van der Waals surface area (Å²) in [6.07, 6.45) is -4.57. The van der Waals surface area contributed by atoms with Gasteiger partial charge in [-0.3, -0.25) is 4.79 Å². The smallest absolute Gasteiger partial charge is 0.429 e. The minimum atomic E-state index is -4.57. The van der Waals surface area contributed by atoms with Crippen LogP contribution in [0.4, 0.5) is 30.7 Å². The number of rotatable bonds is 5. The zero-order valence-corrected chi connectivity index (χ0v) is 11.3. The van der Waals surface area contributed by atoms with Crippen molar-refractivity contribution in [1.29, 1.82) is 0 Å². The second-order valence-electron chi connectivity index (χ2n) is 4.27. The highest BCUT2D eigenvalue weighted by Crippen LogP contribution is 2.36. The summed E-state index contributed by atoms with van der Waals surface area (Å²) in [6, 6.07) is 1.06. The van der Waals surface area contributed by atoms with Gasteiger partial charge in [0, 0.05) is 12.1 Å². The molecule has 0 saturated heterocycles. The average Bonchev–Trinajstić information content (AvgIpc) is 2.49. The molecule has 0 saturated carbocycles. The summed E-state index contributed by atoms with van der Waals surface area (Å²) in [5.74, 6) is -11.7. The van der Waals surface area contributed by atoms with Gasteiger partial charge in [0.05, 0.1) is 0 Å². The van der Waals surface area contributed by atoms with E-state index in [2.05, 4.69) is 9.47 Å². The fourth-order valence-corrected chi connectivity index (χ4v) is 1.69. The molecule has 0 N–H and O–H groups in total. The lowest BCUT2D eigenvalue weighted by atomic mass is 10.1. The van der Waals surface area contributed by atoms with E-state index in [-0.39, 0.29) is 18.6 Å². The van der Waals surface area contributed by atoms with Gasteiger partial charge in [0.25, 0.3) is 6.47 Å². The lowest BCUT2D eigenvalue weighted by Crippen LogP contribution is -2.24. The molecule has 0 bridgehead atoms.